The van der Waals surface area contributed by atoms with Crippen molar-refractivity contribution < 1.29 is 14.6 Å². The van der Waals surface area contributed by atoms with Crippen LogP contribution in [0.4, 0.5) is 0 Å². The summed E-state index contributed by atoms with van der Waals surface area (Å²) >= 11 is 3.44. The van der Waals surface area contributed by atoms with E-state index in [1.807, 2.05) is 12.1 Å². The summed E-state index contributed by atoms with van der Waals surface area (Å²) in [6.45, 7) is 1.17. The highest BCUT2D eigenvalue weighted by atomic mass is 79.9. The number of ether oxygens (including phenoxy) is 1. The summed E-state index contributed by atoms with van der Waals surface area (Å²) in [7, 11) is 0. The molecule has 0 atom stereocenters. The predicted molar refractivity (Wildman–Crippen MR) is 62.7 cm³/mol. The van der Waals surface area contributed by atoms with Crippen LogP contribution >= 0.6 is 15.9 Å². The van der Waals surface area contributed by atoms with Crippen LogP contribution in [0, 0.1) is 0 Å². The first-order valence-corrected chi connectivity index (χ1v) is 5.82. The van der Waals surface area contributed by atoms with E-state index in [0.717, 1.165) is 22.2 Å². The maximum atomic E-state index is 10.4. The lowest BCUT2D eigenvalue weighted by Gasteiger charge is -2.09. The first kappa shape index (κ1) is 11.4. The van der Waals surface area contributed by atoms with Crippen molar-refractivity contribution in [1.82, 2.24) is 5.32 Å². The largest absolute Gasteiger partial charge is 0.493 e. The van der Waals surface area contributed by atoms with Crippen LogP contribution in [0.1, 0.15) is 11.1 Å². The summed E-state index contributed by atoms with van der Waals surface area (Å²) in [5.41, 5.74) is 2.18. The number of hydrogen-bond donors (Lipinski definition) is 2. The number of halogens is 1. The van der Waals surface area contributed by atoms with Gasteiger partial charge in [0.2, 0.25) is 0 Å². The smallest absolute Gasteiger partial charge is 0.317 e. The fourth-order valence-electron chi connectivity index (χ4n) is 1.78. The van der Waals surface area contributed by atoms with Crippen molar-refractivity contribution in [3.63, 3.8) is 0 Å². The normalized spacial score (nSPS) is 13.3. The Morgan fingerprint density at radius 3 is 3.12 bits per heavy atom. The van der Waals surface area contributed by atoms with Crippen LogP contribution in [0.15, 0.2) is 16.6 Å². The molecule has 0 aliphatic carbocycles. The lowest BCUT2D eigenvalue weighted by molar-refractivity contribution is -0.135. The molecule has 2 N–H and O–H groups in total. The molecule has 1 aromatic carbocycles. The minimum Gasteiger partial charge on any atom is -0.493 e. The van der Waals surface area contributed by atoms with Gasteiger partial charge in [-0.05, 0) is 17.7 Å². The van der Waals surface area contributed by atoms with Crippen molar-refractivity contribution in [2.24, 2.45) is 0 Å². The van der Waals surface area contributed by atoms with E-state index in [9.17, 15) is 4.79 Å². The van der Waals surface area contributed by atoms with Crippen molar-refractivity contribution in [1.29, 1.82) is 0 Å². The number of nitrogens with one attached hydrogen (secondary N) is 1. The average Bonchev–Trinajstić information content (AvgIpc) is 2.64. The minimum absolute atomic E-state index is 0.0404. The quantitative estimate of drug-likeness (QED) is 0.882. The molecule has 1 aliphatic heterocycles. The minimum atomic E-state index is -0.854. The second-order valence-corrected chi connectivity index (χ2v) is 4.56. The molecule has 16 heavy (non-hydrogen) atoms. The molecule has 0 saturated carbocycles. The highest BCUT2D eigenvalue weighted by Gasteiger charge is 2.17. The maximum absolute atomic E-state index is 10.4. The number of rotatable bonds is 4. The van der Waals surface area contributed by atoms with Gasteiger partial charge in [-0.2, -0.15) is 0 Å². The van der Waals surface area contributed by atoms with Crippen LogP contribution in [-0.4, -0.2) is 24.2 Å². The van der Waals surface area contributed by atoms with E-state index in [2.05, 4.69) is 21.2 Å². The first-order chi connectivity index (χ1) is 7.66. The van der Waals surface area contributed by atoms with E-state index < -0.39 is 5.97 Å². The average molecular weight is 286 g/mol. The molecule has 0 fully saturated rings. The van der Waals surface area contributed by atoms with Crippen LogP contribution < -0.4 is 10.1 Å². The summed E-state index contributed by atoms with van der Waals surface area (Å²) in [6.07, 6.45) is 0.917. The van der Waals surface area contributed by atoms with E-state index >= 15 is 0 Å². The van der Waals surface area contributed by atoms with Gasteiger partial charge in [0.25, 0.3) is 0 Å². The number of benzene rings is 1. The zero-order valence-corrected chi connectivity index (χ0v) is 10.2. The predicted octanol–water partition coefficient (Wildman–Crippen LogP) is 1.56. The van der Waals surface area contributed by atoms with Gasteiger partial charge >= 0.3 is 5.97 Å². The highest BCUT2D eigenvalue weighted by Crippen LogP contribution is 2.32. The molecule has 1 heterocycles. The Morgan fingerprint density at radius 2 is 2.38 bits per heavy atom. The Bertz CT molecular complexity index is 420. The fourth-order valence-corrected chi connectivity index (χ4v) is 2.33. The summed E-state index contributed by atoms with van der Waals surface area (Å²) in [6, 6.07) is 4.00. The van der Waals surface area contributed by atoms with E-state index in [1.165, 1.54) is 5.56 Å². The van der Waals surface area contributed by atoms with Crippen molar-refractivity contribution in [2.45, 2.75) is 13.0 Å². The number of carbonyl (C=O) groups is 1. The number of aliphatic carboxylic acids is 1. The number of carboxylic acids is 1. The van der Waals surface area contributed by atoms with Gasteiger partial charge in [0.05, 0.1) is 13.2 Å². The van der Waals surface area contributed by atoms with Crippen LogP contribution in [0.5, 0.6) is 5.75 Å². The number of carboxylic acid groups (broad SMARTS) is 1. The molecule has 0 amide bonds. The highest BCUT2D eigenvalue weighted by molar-refractivity contribution is 9.10. The van der Waals surface area contributed by atoms with Gasteiger partial charge in [0, 0.05) is 23.0 Å². The van der Waals surface area contributed by atoms with Gasteiger partial charge in [0.1, 0.15) is 5.75 Å². The standard InChI is InChI=1S/C11H12BrNO3/c12-9-3-7-1-2-16-11(7)8(4-9)5-13-6-10(14)15/h3-4,13H,1-2,5-6H2,(H,14,15). The Morgan fingerprint density at radius 1 is 1.56 bits per heavy atom. The van der Waals surface area contributed by atoms with E-state index in [1.54, 1.807) is 0 Å². The van der Waals surface area contributed by atoms with Crippen molar-refractivity contribution >= 4 is 21.9 Å². The second-order valence-electron chi connectivity index (χ2n) is 3.65. The molecule has 1 aliphatic rings. The van der Waals surface area contributed by atoms with E-state index in [4.69, 9.17) is 9.84 Å². The molecule has 0 radical (unpaired) electrons. The molecule has 0 bridgehead atoms. The van der Waals surface area contributed by atoms with Gasteiger partial charge in [-0.25, -0.2) is 0 Å². The monoisotopic (exact) mass is 285 g/mol. The summed E-state index contributed by atoms with van der Waals surface area (Å²) in [4.78, 5) is 10.4. The fraction of sp³-hybridized carbons (Fsp3) is 0.364. The molecular weight excluding hydrogens is 274 g/mol. The van der Waals surface area contributed by atoms with Crippen LogP contribution in [0.3, 0.4) is 0 Å². The summed E-state index contributed by atoms with van der Waals surface area (Å²) in [5.74, 6) is 0.0497. The first-order valence-electron chi connectivity index (χ1n) is 5.03. The van der Waals surface area contributed by atoms with Crippen LogP contribution in [0.2, 0.25) is 0 Å². The third-order valence-corrected chi connectivity index (χ3v) is 2.87. The third-order valence-electron chi connectivity index (χ3n) is 2.42. The van der Waals surface area contributed by atoms with Gasteiger partial charge in [0.15, 0.2) is 0 Å². The van der Waals surface area contributed by atoms with Gasteiger partial charge < -0.3 is 15.2 Å². The summed E-state index contributed by atoms with van der Waals surface area (Å²) < 4.78 is 6.54. The van der Waals surface area contributed by atoms with Crippen molar-refractivity contribution in [3.8, 4) is 5.75 Å². The van der Waals surface area contributed by atoms with Crippen LogP contribution in [0.25, 0.3) is 0 Å². The molecular formula is C11H12BrNO3. The molecule has 5 heteroatoms. The Kier molecular flexibility index (Phi) is 3.46. The SMILES string of the molecule is O=C(O)CNCc1cc(Br)cc2c1OCC2. The Hall–Kier alpha value is -1.07. The lowest BCUT2D eigenvalue weighted by Crippen LogP contribution is -2.22. The number of fused-ring (bicyclic) bond motifs is 1. The van der Waals surface area contributed by atoms with E-state index in [-0.39, 0.29) is 6.54 Å². The number of hydrogen-bond acceptors (Lipinski definition) is 3. The molecule has 2 rings (SSSR count). The van der Waals surface area contributed by atoms with E-state index in [0.29, 0.717) is 13.2 Å². The topological polar surface area (TPSA) is 58.6 Å². The van der Waals surface area contributed by atoms with Crippen LogP contribution in [-0.2, 0) is 17.8 Å². The second kappa shape index (κ2) is 4.84. The lowest BCUT2D eigenvalue weighted by atomic mass is 10.1. The van der Waals surface area contributed by atoms with Crippen molar-refractivity contribution in [2.75, 3.05) is 13.2 Å². The maximum Gasteiger partial charge on any atom is 0.317 e. The molecule has 0 saturated heterocycles. The molecule has 86 valence electrons. The van der Waals surface area contributed by atoms with Crippen molar-refractivity contribution in [3.05, 3.63) is 27.7 Å². The Balaban J connectivity index is 2.11. The zero-order chi connectivity index (χ0) is 11.5. The van der Waals surface area contributed by atoms with Gasteiger partial charge in [-0.3, -0.25) is 4.79 Å². The third kappa shape index (κ3) is 2.54. The van der Waals surface area contributed by atoms with Gasteiger partial charge in [-0.15, -0.1) is 0 Å². The molecule has 0 unspecified atom stereocenters. The molecule has 0 spiro atoms. The molecule has 0 aromatic heterocycles. The molecule has 4 nitrogen and oxygen atoms in total. The Labute approximate surface area is 102 Å². The summed E-state index contributed by atoms with van der Waals surface area (Å²) in [5, 5.41) is 11.4. The molecule has 1 aromatic rings. The van der Waals surface area contributed by atoms with Gasteiger partial charge in [-0.1, -0.05) is 15.9 Å². The zero-order valence-electron chi connectivity index (χ0n) is 8.62.